The van der Waals surface area contributed by atoms with Gasteiger partial charge in [0.05, 0.1) is 13.2 Å². The molecule has 3 rings (SSSR count). The summed E-state index contributed by atoms with van der Waals surface area (Å²) in [7, 11) is 0. The van der Waals surface area contributed by atoms with Gasteiger partial charge < -0.3 is 15.2 Å². The van der Waals surface area contributed by atoms with Crippen LogP contribution >= 0.6 is 0 Å². The first-order valence-electron chi connectivity index (χ1n) is 7.05. The molecule has 0 bridgehead atoms. The second-order valence-corrected chi connectivity index (χ2v) is 6.97. The Morgan fingerprint density at radius 2 is 1.74 bits per heavy atom. The molecule has 3 nitrogen and oxygen atoms in total. The summed E-state index contributed by atoms with van der Waals surface area (Å²) in [5, 5.41) is 0. The van der Waals surface area contributed by atoms with Crippen LogP contribution in [-0.4, -0.2) is 18.8 Å². The number of rotatable bonds is 2. The largest absolute Gasteiger partial charge is 0.489 e. The highest BCUT2D eigenvalue weighted by Crippen LogP contribution is 2.49. The van der Waals surface area contributed by atoms with Crippen LogP contribution in [-0.2, 0) is 6.42 Å². The number of aryl methyl sites for hydroxylation is 1. The number of ether oxygens (including phenoxy) is 2. The van der Waals surface area contributed by atoms with Gasteiger partial charge in [-0.05, 0) is 63.3 Å². The Morgan fingerprint density at radius 3 is 2.26 bits per heavy atom. The van der Waals surface area contributed by atoms with Crippen molar-refractivity contribution in [2.24, 2.45) is 11.1 Å². The van der Waals surface area contributed by atoms with Crippen LogP contribution in [0.15, 0.2) is 12.1 Å². The van der Waals surface area contributed by atoms with E-state index in [2.05, 4.69) is 32.9 Å². The van der Waals surface area contributed by atoms with Crippen molar-refractivity contribution in [1.29, 1.82) is 0 Å². The van der Waals surface area contributed by atoms with E-state index < -0.39 is 0 Å². The molecule has 1 heterocycles. The molecule has 2 N–H and O–H groups in total. The Balaban J connectivity index is 1.88. The molecular formula is C16H23NO2. The van der Waals surface area contributed by atoms with Crippen LogP contribution in [0.1, 0.15) is 37.8 Å². The predicted molar refractivity (Wildman–Crippen MR) is 75.8 cm³/mol. The van der Waals surface area contributed by atoms with E-state index in [0.29, 0.717) is 5.41 Å². The number of fused-ring (bicyclic) bond motifs is 1. The van der Waals surface area contributed by atoms with Crippen LogP contribution in [0.5, 0.6) is 11.5 Å². The van der Waals surface area contributed by atoms with Gasteiger partial charge in [-0.2, -0.15) is 0 Å². The molecule has 2 aliphatic rings. The summed E-state index contributed by atoms with van der Waals surface area (Å²) in [6.45, 7) is 7.79. The fourth-order valence-electron chi connectivity index (χ4n) is 2.58. The molecule has 0 aromatic heterocycles. The number of benzene rings is 1. The second kappa shape index (κ2) is 4.14. The van der Waals surface area contributed by atoms with Crippen molar-refractivity contribution in [2.45, 2.75) is 45.6 Å². The van der Waals surface area contributed by atoms with Crippen molar-refractivity contribution in [3.63, 3.8) is 0 Å². The van der Waals surface area contributed by atoms with Gasteiger partial charge in [0.25, 0.3) is 0 Å². The summed E-state index contributed by atoms with van der Waals surface area (Å²) in [5.74, 6) is 1.77. The van der Waals surface area contributed by atoms with Crippen molar-refractivity contribution in [2.75, 3.05) is 13.2 Å². The Bertz CT molecular complexity index is 498. The fourth-order valence-corrected chi connectivity index (χ4v) is 2.58. The first-order valence-corrected chi connectivity index (χ1v) is 7.05. The quantitative estimate of drug-likeness (QED) is 0.890. The molecule has 104 valence electrons. The Hall–Kier alpha value is -1.22. The number of hydrogen-bond acceptors (Lipinski definition) is 3. The molecule has 19 heavy (non-hydrogen) atoms. The van der Waals surface area contributed by atoms with Gasteiger partial charge in [0.2, 0.25) is 0 Å². The molecule has 0 atom stereocenters. The van der Waals surface area contributed by atoms with E-state index in [1.807, 2.05) is 0 Å². The molecule has 0 radical (unpaired) electrons. The molecule has 0 saturated heterocycles. The zero-order valence-corrected chi connectivity index (χ0v) is 12.1. The van der Waals surface area contributed by atoms with E-state index in [1.54, 1.807) is 0 Å². The van der Waals surface area contributed by atoms with Gasteiger partial charge in [0, 0.05) is 11.0 Å². The Kier molecular flexibility index (Phi) is 2.79. The second-order valence-electron chi connectivity index (χ2n) is 6.97. The van der Waals surface area contributed by atoms with Gasteiger partial charge in [-0.3, -0.25) is 0 Å². The smallest absolute Gasteiger partial charge is 0.161 e. The summed E-state index contributed by atoms with van der Waals surface area (Å²) in [4.78, 5) is 0. The number of nitrogens with two attached hydrogens (primary N) is 1. The lowest BCUT2D eigenvalue weighted by molar-refractivity contribution is 0.197. The van der Waals surface area contributed by atoms with Crippen molar-refractivity contribution < 1.29 is 9.47 Å². The van der Waals surface area contributed by atoms with Crippen molar-refractivity contribution in [3.8, 4) is 11.5 Å². The molecule has 3 heteroatoms. The van der Waals surface area contributed by atoms with E-state index in [4.69, 9.17) is 15.2 Å². The van der Waals surface area contributed by atoms with E-state index in [9.17, 15) is 0 Å². The third-order valence-electron chi connectivity index (χ3n) is 4.07. The normalized spacial score (nSPS) is 20.2. The molecule has 1 spiro atoms. The van der Waals surface area contributed by atoms with E-state index >= 15 is 0 Å². The van der Waals surface area contributed by atoms with Gasteiger partial charge in [-0.1, -0.05) is 0 Å². The summed E-state index contributed by atoms with van der Waals surface area (Å²) in [6, 6.07) is 4.21. The average molecular weight is 261 g/mol. The summed E-state index contributed by atoms with van der Waals surface area (Å²) in [6.07, 6.45) is 3.30. The van der Waals surface area contributed by atoms with Crippen LogP contribution < -0.4 is 15.2 Å². The summed E-state index contributed by atoms with van der Waals surface area (Å²) in [5.41, 5.74) is 8.69. The van der Waals surface area contributed by atoms with E-state index in [1.165, 1.54) is 24.0 Å². The standard InChI is InChI=1S/C16H23NO2/c1-11-6-13-14(7-12(11)8-15(2,3)17)19-10-16(4-5-16)9-18-13/h6-7H,4-5,8-10,17H2,1-3H3. The first kappa shape index (κ1) is 12.8. The molecule has 1 aliphatic heterocycles. The van der Waals surface area contributed by atoms with E-state index in [-0.39, 0.29) is 5.54 Å². The maximum Gasteiger partial charge on any atom is 0.161 e. The van der Waals surface area contributed by atoms with Crippen LogP contribution in [0.3, 0.4) is 0 Å². The lowest BCUT2D eigenvalue weighted by Gasteiger charge is -2.21. The van der Waals surface area contributed by atoms with Crippen molar-refractivity contribution in [1.82, 2.24) is 0 Å². The maximum atomic E-state index is 6.12. The lowest BCUT2D eigenvalue weighted by atomic mass is 9.93. The van der Waals surface area contributed by atoms with Gasteiger partial charge in [-0.25, -0.2) is 0 Å². The van der Waals surface area contributed by atoms with E-state index in [0.717, 1.165) is 31.1 Å². The third-order valence-corrected chi connectivity index (χ3v) is 4.07. The molecule has 1 saturated carbocycles. The highest BCUT2D eigenvalue weighted by molar-refractivity contribution is 5.48. The van der Waals surface area contributed by atoms with Crippen LogP contribution in [0, 0.1) is 12.3 Å². The zero-order chi connectivity index (χ0) is 13.7. The SMILES string of the molecule is Cc1cc2c(cc1CC(C)(C)N)OCC1(CC1)CO2. The maximum absolute atomic E-state index is 6.12. The predicted octanol–water partition coefficient (Wildman–Crippen LogP) is 2.83. The fraction of sp³-hybridized carbons (Fsp3) is 0.625. The minimum atomic E-state index is -0.206. The van der Waals surface area contributed by atoms with Gasteiger partial charge in [0.1, 0.15) is 0 Å². The topological polar surface area (TPSA) is 44.5 Å². The molecule has 0 amide bonds. The molecule has 1 fully saturated rings. The summed E-state index contributed by atoms with van der Waals surface area (Å²) >= 11 is 0. The highest BCUT2D eigenvalue weighted by Gasteiger charge is 2.46. The van der Waals surface area contributed by atoms with Crippen LogP contribution in [0.25, 0.3) is 0 Å². The van der Waals surface area contributed by atoms with Crippen molar-refractivity contribution >= 4 is 0 Å². The molecular weight excluding hydrogens is 238 g/mol. The van der Waals surface area contributed by atoms with Gasteiger partial charge >= 0.3 is 0 Å². The lowest BCUT2D eigenvalue weighted by Crippen LogP contribution is -2.34. The monoisotopic (exact) mass is 261 g/mol. The highest BCUT2D eigenvalue weighted by atomic mass is 16.5. The molecule has 1 aromatic rings. The summed E-state index contributed by atoms with van der Waals surface area (Å²) < 4.78 is 11.9. The molecule has 1 aromatic carbocycles. The van der Waals surface area contributed by atoms with Crippen LogP contribution in [0.2, 0.25) is 0 Å². The minimum absolute atomic E-state index is 0.206. The third kappa shape index (κ3) is 2.71. The van der Waals surface area contributed by atoms with Gasteiger partial charge in [-0.15, -0.1) is 0 Å². The average Bonchev–Trinajstić information content (AvgIpc) is 3.08. The molecule has 0 unspecified atom stereocenters. The Morgan fingerprint density at radius 1 is 1.16 bits per heavy atom. The molecule has 1 aliphatic carbocycles. The van der Waals surface area contributed by atoms with Crippen molar-refractivity contribution in [3.05, 3.63) is 23.3 Å². The number of hydrogen-bond donors (Lipinski definition) is 1. The van der Waals surface area contributed by atoms with Crippen LogP contribution in [0.4, 0.5) is 0 Å². The zero-order valence-electron chi connectivity index (χ0n) is 12.1. The Labute approximate surface area is 115 Å². The van der Waals surface area contributed by atoms with Gasteiger partial charge in [0.15, 0.2) is 11.5 Å². The first-order chi connectivity index (χ1) is 8.87. The minimum Gasteiger partial charge on any atom is -0.489 e.